The summed E-state index contributed by atoms with van der Waals surface area (Å²) in [5.41, 5.74) is 1.09. The van der Waals surface area contributed by atoms with Gasteiger partial charge in [0.2, 0.25) is 10.0 Å². The van der Waals surface area contributed by atoms with Crippen LogP contribution in [0.3, 0.4) is 0 Å². The minimum absolute atomic E-state index is 0.0531. The lowest BCUT2D eigenvalue weighted by atomic mass is 10.2. The maximum atomic E-state index is 12.0. The predicted molar refractivity (Wildman–Crippen MR) is 82.2 cm³/mol. The zero-order valence-electron chi connectivity index (χ0n) is 11.6. The number of benzene rings is 2. The molecule has 112 valence electrons. The number of rotatable bonds is 6. The van der Waals surface area contributed by atoms with Crippen molar-refractivity contribution >= 4 is 15.7 Å². The van der Waals surface area contributed by atoms with E-state index in [9.17, 15) is 13.5 Å². The zero-order chi connectivity index (χ0) is 15.3. The first kappa shape index (κ1) is 15.2. The average Bonchev–Trinajstić information content (AvgIpc) is 2.48. The van der Waals surface area contributed by atoms with Gasteiger partial charge in [-0.2, -0.15) is 0 Å². The Morgan fingerprint density at radius 2 is 1.86 bits per heavy atom. The van der Waals surface area contributed by atoms with Crippen molar-refractivity contribution in [1.29, 1.82) is 0 Å². The van der Waals surface area contributed by atoms with Gasteiger partial charge in [0.1, 0.15) is 11.5 Å². The fourth-order valence-electron chi connectivity index (χ4n) is 1.84. The van der Waals surface area contributed by atoms with Crippen LogP contribution in [0.25, 0.3) is 0 Å². The summed E-state index contributed by atoms with van der Waals surface area (Å²) < 4.78 is 31.4. The second-order valence-corrected chi connectivity index (χ2v) is 6.38. The van der Waals surface area contributed by atoms with Crippen LogP contribution >= 0.6 is 0 Å². The van der Waals surface area contributed by atoms with Gasteiger partial charge in [-0.25, -0.2) is 8.42 Å². The molecule has 6 heteroatoms. The van der Waals surface area contributed by atoms with Crippen LogP contribution in [0.4, 0.5) is 5.69 Å². The molecule has 2 aromatic rings. The van der Waals surface area contributed by atoms with Crippen LogP contribution < -0.4 is 9.46 Å². The van der Waals surface area contributed by atoms with Crippen molar-refractivity contribution in [2.24, 2.45) is 0 Å². The number of phenolic OH excluding ortho intramolecular Hbond substituents is 1. The van der Waals surface area contributed by atoms with E-state index >= 15 is 0 Å². The lowest BCUT2D eigenvalue weighted by molar-refractivity contribution is 0.408. The highest BCUT2D eigenvalue weighted by atomic mass is 32.2. The first-order valence-electron chi connectivity index (χ1n) is 6.41. The van der Waals surface area contributed by atoms with Crippen LogP contribution in [-0.4, -0.2) is 26.4 Å². The van der Waals surface area contributed by atoms with Gasteiger partial charge < -0.3 is 9.84 Å². The monoisotopic (exact) mass is 307 g/mol. The normalized spacial score (nSPS) is 11.1. The van der Waals surface area contributed by atoms with Crippen molar-refractivity contribution in [3.8, 4) is 11.5 Å². The molecule has 0 amide bonds. The topological polar surface area (TPSA) is 75.6 Å². The summed E-state index contributed by atoms with van der Waals surface area (Å²) in [4.78, 5) is 0. The molecule has 2 rings (SSSR count). The van der Waals surface area contributed by atoms with Gasteiger partial charge >= 0.3 is 0 Å². The molecule has 0 unspecified atom stereocenters. The van der Waals surface area contributed by atoms with Gasteiger partial charge in [0.15, 0.2) is 0 Å². The number of ether oxygens (including phenoxy) is 1. The van der Waals surface area contributed by atoms with Crippen LogP contribution in [0.15, 0.2) is 48.5 Å². The number of phenols is 1. The molecule has 2 N–H and O–H groups in total. The average molecular weight is 307 g/mol. The fraction of sp³-hybridized carbons (Fsp3) is 0.200. The standard InChI is InChI=1S/C15H17NO4S/c1-20-13-7-8-14(15(17)11-13)16-21(18,19)10-9-12-5-3-2-4-6-12/h2-8,11,16-17H,9-10H2,1H3. The summed E-state index contributed by atoms with van der Waals surface area (Å²) in [6, 6.07) is 13.8. The van der Waals surface area contributed by atoms with Crippen molar-refractivity contribution in [3.63, 3.8) is 0 Å². The molecule has 21 heavy (non-hydrogen) atoms. The molecule has 2 aromatic carbocycles. The van der Waals surface area contributed by atoms with Crippen LogP contribution in [0.5, 0.6) is 11.5 Å². The molecule has 0 aromatic heterocycles. The Balaban J connectivity index is 2.04. The number of hydrogen-bond acceptors (Lipinski definition) is 4. The van der Waals surface area contributed by atoms with Gasteiger partial charge in [-0.15, -0.1) is 0 Å². The third kappa shape index (κ3) is 4.39. The van der Waals surface area contributed by atoms with E-state index in [1.54, 1.807) is 6.07 Å². The van der Waals surface area contributed by atoms with E-state index in [2.05, 4.69) is 4.72 Å². The molecule has 5 nitrogen and oxygen atoms in total. The van der Waals surface area contributed by atoms with Crippen molar-refractivity contribution in [1.82, 2.24) is 0 Å². The molecule has 0 aliphatic rings. The second-order valence-electron chi connectivity index (χ2n) is 4.54. The number of hydrogen-bond donors (Lipinski definition) is 2. The van der Waals surface area contributed by atoms with Crippen molar-refractivity contribution < 1.29 is 18.3 Å². The number of nitrogens with one attached hydrogen (secondary N) is 1. The maximum Gasteiger partial charge on any atom is 0.233 e. The van der Waals surface area contributed by atoms with Gasteiger partial charge in [-0.1, -0.05) is 30.3 Å². The van der Waals surface area contributed by atoms with Gasteiger partial charge in [0.05, 0.1) is 18.6 Å². The third-order valence-corrected chi connectivity index (χ3v) is 4.25. The molecular weight excluding hydrogens is 290 g/mol. The molecule has 0 spiro atoms. The molecule has 0 aliphatic carbocycles. The van der Waals surface area contributed by atoms with Crippen molar-refractivity contribution in [2.45, 2.75) is 6.42 Å². The minimum Gasteiger partial charge on any atom is -0.506 e. The first-order valence-corrected chi connectivity index (χ1v) is 8.07. The molecule has 0 radical (unpaired) electrons. The van der Waals surface area contributed by atoms with Crippen molar-refractivity contribution in [3.05, 3.63) is 54.1 Å². The van der Waals surface area contributed by atoms with Gasteiger partial charge in [0, 0.05) is 6.07 Å². The summed E-state index contributed by atoms with van der Waals surface area (Å²) >= 11 is 0. The van der Waals surface area contributed by atoms with E-state index in [4.69, 9.17) is 4.74 Å². The highest BCUT2D eigenvalue weighted by Gasteiger charge is 2.13. The van der Waals surface area contributed by atoms with E-state index in [0.29, 0.717) is 12.2 Å². The number of aryl methyl sites for hydroxylation is 1. The largest absolute Gasteiger partial charge is 0.506 e. The molecule has 0 saturated heterocycles. The van der Waals surface area contributed by atoms with Crippen LogP contribution in [0.2, 0.25) is 0 Å². The fourth-order valence-corrected chi connectivity index (χ4v) is 2.95. The Morgan fingerprint density at radius 3 is 2.48 bits per heavy atom. The first-order chi connectivity index (χ1) is 10.00. The smallest absolute Gasteiger partial charge is 0.233 e. The quantitative estimate of drug-likeness (QED) is 0.803. The highest BCUT2D eigenvalue weighted by molar-refractivity contribution is 7.92. The molecule has 0 bridgehead atoms. The summed E-state index contributed by atoms with van der Waals surface area (Å²) in [5, 5.41) is 9.76. The maximum absolute atomic E-state index is 12.0. The highest BCUT2D eigenvalue weighted by Crippen LogP contribution is 2.28. The van der Waals surface area contributed by atoms with E-state index < -0.39 is 10.0 Å². The number of sulfonamides is 1. The van der Waals surface area contributed by atoms with Crippen LogP contribution in [0, 0.1) is 0 Å². The summed E-state index contributed by atoms with van der Waals surface area (Å²) in [5.74, 6) is 0.236. The van der Waals surface area contributed by atoms with E-state index in [0.717, 1.165) is 5.56 Å². The molecule has 0 heterocycles. The van der Waals surface area contributed by atoms with E-state index in [1.165, 1.54) is 19.2 Å². The summed E-state index contributed by atoms with van der Waals surface area (Å²) in [7, 11) is -2.06. The zero-order valence-corrected chi connectivity index (χ0v) is 12.4. The third-order valence-electron chi connectivity index (χ3n) is 2.97. The van der Waals surface area contributed by atoms with Crippen LogP contribution in [-0.2, 0) is 16.4 Å². The lowest BCUT2D eigenvalue weighted by Crippen LogP contribution is -2.18. The van der Waals surface area contributed by atoms with E-state index in [-0.39, 0.29) is 17.2 Å². The minimum atomic E-state index is -3.53. The number of methoxy groups -OCH3 is 1. The Morgan fingerprint density at radius 1 is 1.14 bits per heavy atom. The Bertz CT molecular complexity index is 699. The lowest BCUT2D eigenvalue weighted by Gasteiger charge is -2.10. The number of aromatic hydroxyl groups is 1. The summed E-state index contributed by atoms with van der Waals surface area (Å²) in [6.07, 6.45) is 0.410. The SMILES string of the molecule is COc1ccc(NS(=O)(=O)CCc2ccccc2)c(O)c1. The molecular formula is C15H17NO4S. The molecule has 0 atom stereocenters. The Kier molecular flexibility index (Phi) is 4.70. The Labute approximate surface area is 124 Å². The van der Waals surface area contributed by atoms with Crippen molar-refractivity contribution in [2.75, 3.05) is 17.6 Å². The van der Waals surface area contributed by atoms with Crippen LogP contribution in [0.1, 0.15) is 5.56 Å². The number of anilines is 1. The molecule has 0 fully saturated rings. The predicted octanol–water partition coefficient (Wildman–Crippen LogP) is 2.39. The summed E-state index contributed by atoms with van der Waals surface area (Å²) in [6.45, 7) is 0. The second kappa shape index (κ2) is 6.49. The van der Waals surface area contributed by atoms with Gasteiger partial charge in [-0.3, -0.25) is 4.72 Å². The molecule has 0 saturated carbocycles. The van der Waals surface area contributed by atoms with Gasteiger partial charge in [0.25, 0.3) is 0 Å². The van der Waals surface area contributed by atoms with Gasteiger partial charge in [-0.05, 0) is 24.1 Å². The molecule has 0 aliphatic heterocycles. The van der Waals surface area contributed by atoms with E-state index in [1.807, 2.05) is 30.3 Å². The Hall–Kier alpha value is -2.21.